The van der Waals surface area contributed by atoms with Crippen LogP contribution in [0.25, 0.3) is 16.7 Å². The van der Waals surface area contributed by atoms with Gasteiger partial charge in [0.2, 0.25) is 0 Å². The van der Waals surface area contributed by atoms with E-state index in [1.165, 1.54) is 5.06 Å². The van der Waals surface area contributed by atoms with Crippen LogP contribution in [0.3, 0.4) is 0 Å². The molecule has 0 unspecified atom stereocenters. The predicted molar refractivity (Wildman–Crippen MR) is 81.3 cm³/mol. The standard InChI is InChI=1S/C17H18N3O/c1-16(2)11-9-13-14(10-12(11)17(3,4)20(16)21)19-8-6-5-7-15(19)18-13/h5-10H,1-4H3. The van der Waals surface area contributed by atoms with Crippen LogP contribution in [0, 0.1) is 0 Å². The van der Waals surface area contributed by atoms with Crippen molar-refractivity contribution < 1.29 is 5.21 Å². The van der Waals surface area contributed by atoms with Gasteiger partial charge in [0, 0.05) is 6.20 Å². The Kier molecular flexibility index (Phi) is 2.22. The molecule has 0 atom stereocenters. The van der Waals surface area contributed by atoms with Gasteiger partial charge in [-0.3, -0.25) is 4.40 Å². The Hall–Kier alpha value is -1.91. The number of hydrogen-bond acceptors (Lipinski definition) is 2. The molecule has 1 aromatic carbocycles. The summed E-state index contributed by atoms with van der Waals surface area (Å²) in [5.74, 6) is 0. The fourth-order valence-electron chi connectivity index (χ4n) is 3.64. The SMILES string of the molecule is CC1(C)c2cc3nc4ccccn4c3cc2C(C)(C)N1[O]. The largest absolute Gasteiger partial charge is 0.300 e. The highest BCUT2D eigenvalue weighted by molar-refractivity contribution is 5.83. The molecular weight excluding hydrogens is 262 g/mol. The van der Waals surface area contributed by atoms with E-state index in [9.17, 15) is 5.21 Å². The van der Waals surface area contributed by atoms with Crippen molar-refractivity contribution in [2.24, 2.45) is 0 Å². The Morgan fingerprint density at radius 1 is 1.00 bits per heavy atom. The first-order valence-electron chi connectivity index (χ1n) is 7.23. The lowest BCUT2D eigenvalue weighted by atomic mass is 9.90. The molecule has 0 aliphatic carbocycles. The molecule has 0 spiro atoms. The van der Waals surface area contributed by atoms with E-state index in [0.717, 1.165) is 27.8 Å². The van der Waals surface area contributed by atoms with Crippen molar-refractivity contribution in [1.29, 1.82) is 0 Å². The molecule has 4 nitrogen and oxygen atoms in total. The van der Waals surface area contributed by atoms with E-state index in [-0.39, 0.29) is 0 Å². The van der Waals surface area contributed by atoms with Crippen molar-refractivity contribution in [3.05, 3.63) is 47.7 Å². The van der Waals surface area contributed by atoms with E-state index in [1.54, 1.807) is 0 Å². The third-order valence-corrected chi connectivity index (χ3v) is 4.78. The zero-order chi connectivity index (χ0) is 15.0. The molecule has 0 N–H and O–H groups in total. The minimum atomic E-state index is -0.525. The van der Waals surface area contributed by atoms with Gasteiger partial charge in [-0.1, -0.05) is 6.07 Å². The van der Waals surface area contributed by atoms with Gasteiger partial charge in [0.15, 0.2) is 0 Å². The summed E-state index contributed by atoms with van der Waals surface area (Å²) >= 11 is 0. The molecule has 1 aliphatic rings. The van der Waals surface area contributed by atoms with E-state index in [0.29, 0.717) is 0 Å². The number of hydrogen-bond donors (Lipinski definition) is 0. The van der Waals surface area contributed by atoms with Crippen LogP contribution in [0.5, 0.6) is 0 Å². The van der Waals surface area contributed by atoms with Crippen LogP contribution in [-0.2, 0) is 16.3 Å². The topological polar surface area (TPSA) is 40.4 Å². The van der Waals surface area contributed by atoms with E-state index >= 15 is 0 Å². The highest BCUT2D eigenvalue weighted by Crippen LogP contribution is 2.49. The first-order valence-corrected chi connectivity index (χ1v) is 7.23. The highest BCUT2D eigenvalue weighted by Gasteiger charge is 2.50. The van der Waals surface area contributed by atoms with Crippen LogP contribution < -0.4 is 0 Å². The summed E-state index contributed by atoms with van der Waals surface area (Å²) in [6, 6.07) is 10.2. The van der Waals surface area contributed by atoms with Gasteiger partial charge in [-0.05, 0) is 63.1 Å². The Balaban J connectivity index is 2.14. The normalized spacial score (nSPS) is 20.2. The monoisotopic (exact) mass is 280 g/mol. The summed E-state index contributed by atoms with van der Waals surface area (Å²) in [6.07, 6.45) is 2.01. The molecule has 0 saturated carbocycles. The zero-order valence-corrected chi connectivity index (χ0v) is 12.7. The van der Waals surface area contributed by atoms with Gasteiger partial charge in [-0.15, -0.1) is 10.3 Å². The van der Waals surface area contributed by atoms with Gasteiger partial charge in [0.25, 0.3) is 0 Å². The maximum atomic E-state index is 12.7. The molecule has 0 amide bonds. The van der Waals surface area contributed by atoms with Gasteiger partial charge < -0.3 is 0 Å². The van der Waals surface area contributed by atoms with Crippen molar-refractivity contribution in [1.82, 2.24) is 14.4 Å². The number of benzene rings is 1. The van der Waals surface area contributed by atoms with Crippen molar-refractivity contribution in [3.8, 4) is 0 Å². The van der Waals surface area contributed by atoms with Gasteiger partial charge in [-0.25, -0.2) is 4.98 Å². The summed E-state index contributed by atoms with van der Waals surface area (Å²) in [5, 5.41) is 13.9. The number of hydroxylamine groups is 2. The Labute approximate surface area is 123 Å². The molecule has 3 aromatic rings. The minimum absolute atomic E-state index is 0.522. The molecule has 1 aliphatic heterocycles. The minimum Gasteiger partial charge on any atom is -0.300 e. The molecule has 0 bridgehead atoms. The molecule has 0 saturated heterocycles. The lowest BCUT2D eigenvalue weighted by Crippen LogP contribution is -2.41. The average molecular weight is 280 g/mol. The maximum absolute atomic E-state index is 12.7. The number of fused-ring (bicyclic) bond motifs is 4. The summed E-state index contributed by atoms with van der Waals surface area (Å²) in [4.78, 5) is 4.67. The van der Waals surface area contributed by atoms with Crippen LogP contribution >= 0.6 is 0 Å². The zero-order valence-electron chi connectivity index (χ0n) is 12.7. The van der Waals surface area contributed by atoms with E-state index in [4.69, 9.17) is 0 Å². The smallest absolute Gasteiger partial charge is 0.137 e. The van der Waals surface area contributed by atoms with Gasteiger partial charge in [0.05, 0.1) is 22.1 Å². The van der Waals surface area contributed by atoms with Crippen LogP contribution in [0.2, 0.25) is 0 Å². The van der Waals surface area contributed by atoms with Crippen LogP contribution in [0.4, 0.5) is 0 Å². The Morgan fingerprint density at radius 3 is 2.38 bits per heavy atom. The third-order valence-electron chi connectivity index (χ3n) is 4.78. The second-order valence-corrected chi connectivity index (χ2v) is 6.84. The molecule has 1 radical (unpaired) electrons. The van der Waals surface area contributed by atoms with E-state index < -0.39 is 11.1 Å². The third kappa shape index (κ3) is 1.44. The second-order valence-electron chi connectivity index (χ2n) is 6.84. The average Bonchev–Trinajstić information content (AvgIpc) is 2.87. The predicted octanol–water partition coefficient (Wildman–Crippen LogP) is 3.62. The fourth-order valence-corrected chi connectivity index (χ4v) is 3.64. The first kappa shape index (κ1) is 12.8. The van der Waals surface area contributed by atoms with Crippen molar-refractivity contribution in [3.63, 3.8) is 0 Å². The highest BCUT2D eigenvalue weighted by atomic mass is 16.5. The molecule has 2 aromatic heterocycles. The summed E-state index contributed by atoms with van der Waals surface area (Å²) in [6.45, 7) is 7.94. The Bertz CT molecular complexity index is 876. The summed E-state index contributed by atoms with van der Waals surface area (Å²) in [5.41, 5.74) is 4.07. The molecular formula is C17H18N3O. The Morgan fingerprint density at radius 2 is 1.67 bits per heavy atom. The first-order chi connectivity index (χ1) is 9.83. The molecule has 4 heteroatoms. The molecule has 107 valence electrons. The lowest BCUT2D eigenvalue weighted by Gasteiger charge is -2.32. The van der Waals surface area contributed by atoms with Crippen molar-refractivity contribution >= 4 is 16.7 Å². The number of nitrogens with zero attached hydrogens (tertiary/aromatic N) is 3. The fraction of sp³-hybridized carbons (Fsp3) is 0.353. The van der Waals surface area contributed by atoms with E-state index in [1.807, 2.05) is 52.1 Å². The molecule has 21 heavy (non-hydrogen) atoms. The van der Waals surface area contributed by atoms with Crippen LogP contribution in [-0.4, -0.2) is 14.4 Å². The van der Waals surface area contributed by atoms with Gasteiger partial charge in [0.1, 0.15) is 5.65 Å². The van der Waals surface area contributed by atoms with Crippen LogP contribution in [0.15, 0.2) is 36.5 Å². The second kappa shape index (κ2) is 3.64. The van der Waals surface area contributed by atoms with Crippen molar-refractivity contribution in [2.45, 2.75) is 38.8 Å². The number of rotatable bonds is 0. The number of imidazole rings is 1. The number of pyridine rings is 1. The summed E-state index contributed by atoms with van der Waals surface area (Å²) < 4.78 is 2.08. The number of aromatic nitrogens is 2. The van der Waals surface area contributed by atoms with E-state index in [2.05, 4.69) is 21.5 Å². The maximum Gasteiger partial charge on any atom is 0.137 e. The van der Waals surface area contributed by atoms with Gasteiger partial charge >= 0.3 is 0 Å². The molecule has 0 fully saturated rings. The van der Waals surface area contributed by atoms with Gasteiger partial charge in [-0.2, -0.15) is 0 Å². The lowest BCUT2D eigenvalue weighted by molar-refractivity contribution is -0.266. The van der Waals surface area contributed by atoms with Crippen LogP contribution in [0.1, 0.15) is 38.8 Å². The van der Waals surface area contributed by atoms with Crippen molar-refractivity contribution in [2.75, 3.05) is 0 Å². The molecule has 4 rings (SSSR count). The quantitative estimate of drug-likeness (QED) is 0.631. The molecule has 3 heterocycles. The summed E-state index contributed by atoms with van der Waals surface area (Å²) in [7, 11) is 0.